The molecule has 2 unspecified atom stereocenters. The SMILES string of the molecule is COC1CCOCC1NC(=O)c1c(C)c2cccc(C)c2n1C. The van der Waals surface area contributed by atoms with Gasteiger partial charge in [0, 0.05) is 26.2 Å². The molecule has 0 saturated carbocycles. The first-order chi connectivity index (χ1) is 11.0. The molecule has 0 aliphatic carbocycles. The molecule has 1 fully saturated rings. The van der Waals surface area contributed by atoms with Crippen LogP contribution in [0.2, 0.25) is 0 Å². The van der Waals surface area contributed by atoms with Crippen LogP contribution in [-0.4, -0.2) is 42.9 Å². The van der Waals surface area contributed by atoms with E-state index in [2.05, 4.69) is 24.4 Å². The predicted octanol–water partition coefficient (Wildman–Crippen LogP) is 2.33. The summed E-state index contributed by atoms with van der Waals surface area (Å²) in [4.78, 5) is 12.9. The topological polar surface area (TPSA) is 52.5 Å². The molecule has 2 heterocycles. The van der Waals surface area contributed by atoms with Crippen molar-refractivity contribution < 1.29 is 14.3 Å². The van der Waals surface area contributed by atoms with Crippen molar-refractivity contribution in [3.05, 3.63) is 35.0 Å². The third-order valence-corrected chi connectivity index (χ3v) is 4.80. The van der Waals surface area contributed by atoms with Crippen LogP contribution < -0.4 is 5.32 Å². The summed E-state index contributed by atoms with van der Waals surface area (Å²) in [7, 11) is 3.63. The highest BCUT2D eigenvalue weighted by molar-refractivity contribution is 6.02. The normalized spacial score (nSPS) is 21.6. The number of nitrogens with zero attached hydrogens (tertiary/aromatic N) is 1. The molecule has 0 radical (unpaired) electrons. The summed E-state index contributed by atoms with van der Waals surface area (Å²) in [5.41, 5.74) is 3.99. The summed E-state index contributed by atoms with van der Waals surface area (Å²) in [5.74, 6) is -0.0712. The minimum Gasteiger partial charge on any atom is -0.379 e. The molecule has 1 saturated heterocycles. The van der Waals surface area contributed by atoms with Gasteiger partial charge in [0.2, 0.25) is 0 Å². The molecule has 23 heavy (non-hydrogen) atoms. The number of carbonyl (C=O) groups excluding carboxylic acids is 1. The summed E-state index contributed by atoms with van der Waals surface area (Å²) in [6, 6.07) is 6.05. The van der Waals surface area contributed by atoms with Crippen LogP contribution >= 0.6 is 0 Å². The molecule has 1 aliphatic heterocycles. The van der Waals surface area contributed by atoms with Crippen molar-refractivity contribution in [1.82, 2.24) is 9.88 Å². The fraction of sp³-hybridized carbons (Fsp3) is 0.500. The fourth-order valence-corrected chi connectivity index (χ4v) is 3.59. The van der Waals surface area contributed by atoms with Crippen molar-refractivity contribution >= 4 is 16.8 Å². The Morgan fingerprint density at radius 2 is 2.17 bits per heavy atom. The molecule has 1 N–H and O–H groups in total. The average Bonchev–Trinajstić information content (AvgIpc) is 2.80. The molecule has 0 bridgehead atoms. The van der Waals surface area contributed by atoms with E-state index < -0.39 is 0 Å². The highest BCUT2D eigenvalue weighted by Crippen LogP contribution is 2.27. The maximum Gasteiger partial charge on any atom is 0.268 e. The number of aryl methyl sites for hydroxylation is 3. The standard InChI is InChI=1S/C18H24N2O3/c1-11-6-5-7-13-12(2)17(20(3)16(11)13)18(21)19-14-10-23-9-8-15(14)22-4/h5-7,14-15H,8-10H2,1-4H3,(H,19,21). The van der Waals surface area contributed by atoms with Gasteiger partial charge >= 0.3 is 0 Å². The molecule has 2 atom stereocenters. The van der Waals surface area contributed by atoms with Crippen molar-refractivity contribution in [2.24, 2.45) is 7.05 Å². The van der Waals surface area contributed by atoms with Crippen LogP contribution in [0.25, 0.3) is 10.9 Å². The zero-order valence-electron chi connectivity index (χ0n) is 14.2. The van der Waals surface area contributed by atoms with E-state index in [1.165, 1.54) is 5.56 Å². The Morgan fingerprint density at radius 1 is 1.39 bits per heavy atom. The van der Waals surface area contributed by atoms with E-state index in [1.54, 1.807) is 7.11 Å². The van der Waals surface area contributed by atoms with Gasteiger partial charge < -0.3 is 19.4 Å². The van der Waals surface area contributed by atoms with E-state index in [0.29, 0.717) is 18.9 Å². The van der Waals surface area contributed by atoms with Gasteiger partial charge in [-0.1, -0.05) is 18.2 Å². The smallest absolute Gasteiger partial charge is 0.268 e. The first kappa shape index (κ1) is 16.0. The first-order valence-corrected chi connectivity index (χ1v) is 8.00. The lowest BCUT2D eigenvalue weighted by Gasteiger charge is -2.31. The third kappa shape index (κ3) is 2.75. The third-order valence-electron chi connectivity index (χ3n) is 4.80. The second kappa shape index (κ2) is 6.34. The summed E-state index contributed by atoms with van der Waals surface area (Å²) in [6.45, 7) is 5.24. The number of hydrogen-bond acceptors (Lipinski definition) is 3. The Bertz CT molecular complexity index is 735. The minimum absolute atomic E-state index is 0.00410. The number of ether oxygens (including phenoxy) is 2. The number of hydrogen-bond donors (Lipinski definition) is 1. The van der Waals surface area contributed by atoms with E-state index in [4.69, 9.17) is 9.47 Å². The van der Waals surface area contributed by atoms with Gasteiger partial charge in [0.05, 0.1) is 24.3 Å². The molecule has 2 aromatic rings. The number of para-hydroxylation sites is 1. The van der Waals surface area contributed by atoms with Gasteiger partial charge in [-0.15, -0.1) is 0 Å². The van der Waals surface area contributed by atoms with Crippen LogP contribution in [0, 0.1) is 13.8 Å². The van der Waals surface area contributed by atoms with Crippen molar-refractivity contribution in [2.45, 2.75) is 32.4 Å². The Morgan fingerprint density at radius 3 is 2.87 bits per heavy atom. The molecule has 124 valence electrons. The van der Waals surface area contributed by atoms with Crippen LogP contribution in [0.4, 0.5) is 0 Å². The lowest BCUT2D eigenvalue weighted by atomic mass is 10.1. The minimum atomic E-state index is -0.111. The number of benzene rings is 1. The van der Waals surface area contributed by atoms with Crippen LogP contribution in [-0.2, 0) is 16.5 Å². The average molecular weight is 316 g/mol. The lowest BCUT2D eigenvalue weighted by molar-refractivity contribution is -0.0350. The summed E-state index contributed by atoms with van der Waals surface area (Å²) >= 11 is 0. The molecule has 1 amide bonds. The zero-order valence-corrected chi connectivity index (χ0v) is 14.2. The number of carbonyl (C=O) groups is 1. The molecular weight excluding hydrogens is 292 g/mol. The number of methoxy groups -OCH3 is 1. The Balaban J connectivity index is 1.93. The van der Waals surface area contributed by atoms with Crippen LogP contribution in [0.15, 0.2) is 18.2 Å². The van der Waals surface area contributed by atoms with Crippen molar-refractivity contribution in [3.8, 4) is 0 Å². The van der Waals surface area contributed by atoms with Gasteiger partial charge in [-0.05, 0) is 31.4 Å². The van der Waals surface area contributed by atoms with E-state index in [0.717, 1.165) is 22.9 Å². The molecule has 1 aromatic heterocycles. The van der Waals surface area contributed by atoms with Crippen molar-refractivity contribution in [3.63, 3.8) is 0 Å². The van der Waals surface area contributed by atoms with E-state index in [9.17, 15) is 4.79 Å². The summed E-state index contributed by atoms with van der Waals surface area (Å²) < 4.78 is 13.0. The monoisotopic (exact) mass is 316 g/mol. The lowest BCUT2D eigenvalue weighted by Crippen LogP contribution is -2.50. The largest absolute Gasteiger partial charge is 0.379 e. The van der Waals surface area contributed by atoms with Gasteiger partial charge in [0.15, 0.2) is 0 Å². The molecule has 1 aromatic carbocycles. The number of amides is 1. The van der Waals surface area contributed by atoms with Crippen molar-refractivity contribution in [2.75, 3.05) is 20.3 Å². The first-order valence-electron chi connectivity index (χ1n) is 8.00. The summed E-state index contributed by atoms with van der Waals surface area (Å²) in [6.07, 6.45) is 0.804. The van der Waals surface area contributed by atoms with E-state index >= 15 is 0 Å². The Kier molecular flexibility index (Phi) is 4.41. The zero-order chi connectivity index (χ0) is 16.6. The second-order valence-corrected chi connectivity index (χ2v) is 6.22. The fourth-order valence-electron chi connectivity index (χ4n) is 3.59. The second-order valence-electron chi connectivity index (χ2n) is 6.22. The molecule has 0 spiro atoms. The van der Waals surface area contributed by atoms with Gasteiger partial charge in [0.1, 0.15) is 5.69 Å². The maximum absolute atomic E-state index is 12.9. The Labute approximate surface area is 136 Å². The highest BCUT2D eigenvalue weighted by atomic mass is 16.5. The van der Waals surface area contributed by atoms with E-state index in [-0.39, 0.29) is 18.1 Å². The highest BCUT2D eigenvalue weighted by Gasteiger charge is 2.29. The predicted molar refractivity (Wildman–Crippen MR) is 89.9 cm³/mol. The molecule has 3 rings (SSSR count). The van der Waals surface area contributed by atoms with Gasteiger partial charge in [0.25, 0.3) is 5.91 Å². The van der Waals surface area contributed by atoms with Crippen LogP contribution in [0.3, 0.4) is 0 Å². The van der Waals surface area contributed by atoms with Gasteiger partial charge in [-0.25, -0.2) is 0 Å². The summed E-state index contributed by atoms with van der Waals surface area (Å²) in [5, 5.41) is 4.21. The molecule has 5 nitrogen and oxygen atoms in total. The Hall–Kier alpha value is -1.85. The quantitative estimate of drug-likeness (QED) is 0.945. The van der Waals surface area contributed by atoms with E-state index in [1.807, 2.05) is 24.6 Å². The molecule has 5 heteroatoms. The molecule has 1 aliphatic rings. The number of nitrogens with one attached hydrogen (secondary N) is 1. The van der Waals surface area contributed by atoms with Crippen LogP contribution in [0.1, 0.15) is 28.0 Å². The van der Waals surface area contributed by atoms with Gasteiger partial charge in [-0.2, -0.15) is 0 Å². The van der Waals surface area contributed by atoms with Gasteiger partial charge in [-0.3, -0.25) is 4.79 Å². The van der Waals surface area contributed by atoms with Crippen LogP contribution in [0.5, 0.6) is 0 Å². The molecular formula is C18H24N2O3. The van der Waals surface area contributed by atoms with Crippen molar-refractivity contribution in [1.29, 1.82) is 0 Å². The maximum atomic E-state index is 12.9. The number of fused-ring (bicyclic) bond motifs is 1. The number of rotatable bonds is 3. The number of aromatic nitrogens is 1.